The molecule has 0 saturated carbocycles. The van der Waals surface area contributed by atoms with Crippen molar-refractivity contribution in [3.8, 4) is 22.8 Å². The summed E-state index contributed by atoms with van der Waals surface area (Å²) >= 11 is 0. The van der Waals surface area contributed by atoms with Crippen LogP contribution >= 0.6 is 0 Å². The van der Waals surface area contributed by atoms with Crippen molar-refractivity contribution in [3.63, 3.8) is 0 Å². The topological polar surface area (TPSA) is 148 Å². The third kappa shape index (κ3) is 4.41. The van der Waals surface area contributed by atoms with E-state index in [2.05, 4.69) is 30.4 Å². The number of likely N-dealkylation sites (N-methyl/N-ethyl adjacent to an activating group) is 1. The number of hydrogen-bond acceptors (Lipinski definition) is 11. The molecule has 0 spiro atoms. The van der Waals surface area contributed by atoms with Crippen LogP contribution in [0.4, 0.5) is 11.6 Å². The molecule has 1 amide bonds. The first-order chi connectivity index (χ1) is 19.5. The fourth-order valence-electron chi connectivity index (χ4n) is 5.44. The third-order valence-corrected chi connectivity index (χ3v) is 7.92. The minimum Gasteiger partial charge on any atom is -0.378 e. The Kier molecular flexibility index (Phi) is 6.06. The average Bonchev–Trinajstić information content (AvgIpc) is 3.74. The van der Waals surface area contributed by atoms with Crippen molar-refractivity contribution in [1.82, 2.24) is 39.7 Å². The second kappa shape index (κ2) is 9.77. The highest BCUT2D eigenvalue weighted by Gasteiger charge is 2.48. The van der Waals surface area contributed by atoms with Crippen LogP contribution in [-0.4, -0.2) is 96.6 Å². The van der Waals surface area contributed by atoms with Gasteiger partial charge >= 0.3 is 0 Å². The number of nitrogens with one attached hydrogen (secondary N) is 1. The lowest BCUT2D eigenvalue weighted by Gasteiger charge is -2.34. The zero-order valence-corrected chi connectivity index (χ0v) is 22.0. The SMILES string of the molecule is CN1CC[C@@](O)(c2cc(-c3cccc(-c4ccnc(Nc5cnn([C@@H]6CCN(C7COC7)C6)c5)n4)n3)no2)C1=O. The third-order valence-electron chi connectivity index (χ3n) is 7.92. The van der Waals surface area contributed by atoms with Crippen LogP contribution in [0.5, 0.6) is 0 Å². The predicted octanol–water partition coefficient (Wildman–Crippen LogP) is 1.83. The number of anilines is 2. The summed E-state index contributed by atoms with van der Waals surface area (Å²) in [5.41, 5.74) is 1.29. The maximum absolute atomic E-state index is 12.4. The number of rotatable bonds is 7. The Morgan fingerprint density at radius 3 is 2.67 bits per heavy atom. The molecular weight excluding hydrogens is 514 g/mol. The predicted molar refractivity (Wildman–Crippen MR) is 142 cm³/mol. The quantitative estimate of drug-likeness (QED) is 0.352. The smallest absolute Gasteiger partial charge is 0.262 e. The van der Waals surface area contributed by atoms with E-state index in [4.69, 9.17) is 14.2 Å². The van der Waals surface area contributed by atoms with Crippen molar-refractivity contribution < 1.29 is 19.2 Å². The molecule has 7 heterocycles. The Morgan fingerprint density at radius 2 is 1.90 bits per heavy atom. The summed E-state index contributed by atoms with van der Waals surface area (Å²) in [6.45, 7) is 4.13. The largest absolute Gasteiger partial charge is 0.378 e. The summed E-state index contributed by atoms with van der Waals surface area (Å²) in [6.07, 6.45) is 6.75. The van der Waals surface area contributed by atoms with Gasteiger partial charge in [-0.25, -0.2) is 15.0 Å². The molecule has 2 N–H and O–H groups in total. The van der Waals surface area contributed by atoms with Gasteiger partial charge in [0.25, 0.3) is 5.91 Å². The Hall–Kier alpha value is -4.20. The lowest BCUT2D eigenvalue weighted by Crippen LogP contribution is -2.47. The minimum absolute atomic E-state index is 0.112. The zero-order chi connectivity index (χ0) is 27.3. The highest BCUT2D eigenvalue weighted by Crippen LogP contribution is 2.35. The van der Waals surface area contributed by atoms with Crippen LogP contribution in [0.1, 0.15) is 24.6 Å². The first kappa shape index (κ1) is 24.8. The van der Waals surface area contributed by atoms with Crippen molar-refractivity contribution in [3.05, 3.63) is 54.7 Å². The number of nitrogens with zero attached hydrogens (tertiary/aromatic N) is 8. The molecule has 0 unspecified atom stereocenters. The molecule has 206 valence electrons. The van der Waals surface area contributed by atoms with Gasteiger partial charge in [0.15, 0.2) is 5.76 Å². The summed E-state index contributed by atoms with van der Waals surface area (Å²) in [6, 6.07) is 9.69. The van der Waals surface area contributed by atoms with Crippen molar-refractivity contribution in [2.75, 3.05) is 45.2 Å². The molecular formula is C27H29N9O4. The second-order valence-corrected chi connectivity index (χ2v) is 10.5. The van der Waals surface area contributed by atoms with Gasteiger partial charge < -0.3 is 24.6 Å². The number of carbonyl (C=O) groups is 1. The van der Waals surface area contributed by atoms with Crippen molar-refractivity contribution in [2.24, 2.45) is 0 Å². The maximum Gasteiger partial charge on any atom is 0.262 e. The molecule has 0 bridgehead atoms. The van der Waals surface area contributed by atoms with Gasteiger partial charge in [-0.05, 0) is 24.6 Å². The van der Waals surface area contributed by atoms with Crippen LogP contribution < -0.4 is 5.32 Å². The lowest BCUT2D eigenvalue weighted by atomic mass is 9.98. The van der Waals surface area contributed by atoms with E-state index in [1.54, 1.807) is 37.6 Å². The first-order valence-corrected chi connectivity index (χ1v) is 13.4. The molecule has 0 aliphatic carbocycles. The molecule has 0 aromatic carbocycles. The molecule has 4 aromatic heterocycles. The number of carbonyl (C=O) groups excluding carboxylic acids is 1. The fourth-order valence-corrected chi connectivity index (χ4v) is 5.44. The highest BCUT2D eigenvalue weighted by atomic mass is 16.5. The van der Waals surface area contributed by atoms with Crippen LogP contribution in [0.2, 0.25) is 0 Å². The Balaban J connectivity index is 1.06. The van der Waals surface area contributed by atoms with Gasteiger partial charge in [0.2, 0.25) is 11.5 Å². The monoisotopic (exact) mass is 543 g/mol. The normalized spacial score (nSPS) is 23.6. The minimum atomic E-state index is -1.71. The van der Waals surface area contributed by atoms with Crippen LogP contribution in [-0.2, 0) is 15.1 Å². The van der Waals surface area contributed by atoms with Gasteiger partial charge in [0.1, 0.15) is 5.69 Å². The molecule has 40 heavy (non-hydrogen) atoms. The van der Waals surface area contributed by atoms with E-state index < -0.39 is 11.5 Å². The molecule has 7 rings (SSSR count). The Labute approximate surface area is 229 Å². The Bertz CT molecular complexity index is 1550. The number of pyridine rings is 1. The van der Waals surface area contributed by atoms with Gasteiger partial charge in [-0.1, -0.05) is 11.2 Å². The number of aromatic nitrogens is 6. The molecule has 13 nitrogen and oxygen atoms in total. The molecule has 0 radical (unpaired) electrons. The first-order valence-electron chi connectivity index (χ1n) is 13.4. The Morgan fingerprint density at radius 1 is 1.07 bits per heavy atom. The summed E-state index contributed by atoms with van der Waals surface area (Å²) in [7, 11) is 1.65. The number of aliphatic hydroxyl groups is 1. The van der Waals surface area contributed by atoms with Crippen molar-refractivity contribution >= 4 is 17.5 Å². The van der Waals surface area contributed by atoms with E-state index in [0.29, 0.717) is 47.4 Å². The van der Waals surface area contributed by atoms with Gasteiger partial charge in [-0.15, -0.1) is 0 Å². The highest BCUT2D eigenvalue weighted by molar-refractivity contribution is 5.87. The average molecular weight is 544 g/mol. The molecule has 3 aliphatic heterocycles. The summed E-state index contributed by atoms with van der Waals surface area (Å²) < 4.78 is 12.7. The number of hydrogen-bond donors (Lipinski definition) is 2. The van der Waals surface area contributed by atoms with E-state index in [0.717, 1.165) is 38.4 Å². The van der Waals surface area contributed by atoms with E-state index in [-0.39, 0.29) is 12.2 Å². The second-order valence-electron chi connectivity index (χ2n) is 10.5. The molecule has 3 fully saturated rings. The van der Waals surface area contributed by atoms with E-state index in [1.807, 2.05) is 23.0 Å². The van der Waals surface area contributed by atoms with Crippen LogP contribution in [0.3, 0.4) is 0 Å². The van der Waals surface area contributed by atoms with Crippen molar-refractivity contribution in [1.29, 1.82) is 0 Å². The molecule has 13 heteroatoms. The van der Waals surface area contributed by atoms with Gasteiger partial charge in [-0.2, -0.15) is 5.10 Å². The summed E-state index contributed by atoms with van der Waals surface area (Å²) in [5, 5.41) is 22.8. The van der Waals surface area contributed by atoms with E-state index in [9.17, 15) is 9.90 Å². The van der Waals surface area contributed by atoms with Gasteiger partial charge in [0.05, 0.1) is 54.3 Å². The number of ether oxygens (including phenoxy) is 1. The molecule has 3 aliphatic rings. The van der Waals surface area contributed by atoms with Gasteiger partial charge in [-0.3, -0.25) is 14.4 Å². The van der Waals surface area contributed by atoms with Gasteiger partial charge in [0, 0.05) is 51.6 Å². The molecule has 3 saturated heterocycles. The number of amides is 1. The molecule has 4 aromatic rings. The maximum atomic E-state index is 12.4. The zero-order valence-electron chi connectivity index (χ0n) is 22.0. The lowest BCUT2D eigenvalue weighted by molar-refractivity contribution is -0.144. The standard InChI is InChI=1S/C27H29N9O4/c1-34-10-7-27(38,25(34)37)24-11-23(33-40-24)21-4-2-3-20(31-21)22-5-8-28-26(32-22)30-17-12-29-36(13-17)18-6-9-35(14-18)19-15-39-16-19/h2-5,8,11-13,18-19,38H,6-7,9-10,14-16H2,1H3,(H,28,30,32)/t18-,27-/m1/s1. The van der Waals surface area contributed by atoms with Crippen LogP contribution in [0, 0.1) is 0 Å². The molecule has 2 atom stereocenters. The number of likely N-dealkylation sites (tertiary alicyclic amines) is 2. The summed E-state index contributed by atoms with van der Waals surface area (Å²) in [5.74, 6) is 0.136. The fraction of sp³-hybridized carbons (Fsp3) is 0.407. The van der Waals surface area contributed by atoms with Crippen molar-refractivity contribution in [2.45, 2.75) is 30.5 Å². The summed E-state index contributed by atoms with van der Waals surface area (Å²) in [4.78, 5) is 30.1. The van der Waals surface area contributed by atoms with Crippen LogP contribution in [0.25, 0.3) is 22.8 Å². The van der Waals surface area contributed by atoms with Crippen LogP contribution in [0.15, 0.2) is 53.4 Å². The van der Waals surface area contributed by atoms with E-state index >= 15 is 0 Å². The van der Waals surface area contributed by atoms with E-state index in [1.165, 1.54) is 4.90 Å².